The molecule has 6 heteroatoms. The van der Waals surface area contributed by atoms with Crippen LogP contribution in [0, 0.1) is 5.92 Å². The van der Waals surface area contributed by atoms with Crippen molar-refractivity contribution in [1.29, 1.82) is 0 Å². The first kappa shape index (κ1) is 18.2. The number of hydrogen-bond acceptors (Lipinski definition) is 4. The van der Waals surface area contributed by atoms with Crippen molar-refractivity contribution < 1.29 is 14.4 Å². The predicted molar refractivity (Wildman–Crippen MR) is 107 cm³/mol. The van der Waals surface area contributed by atoms with Gasteiger partial charge in [-0.3, -0.25) is 14.4 Å². The minimum absolute atomic E-state index is 0.144. The minimum atomic E-state index is -0.761. The number of para-hydroxylation sites is 1. The molecular weight excluding hydrogens is 408 g/mol. The lowest BCUT2D eigenvalue weighted by atomic mass is 9.92. The van der Waals surface area contributed by atoms with Gasteiger partial charge in [-0.25, -0.2) is 9.96 Å². The van der Waals surface area contributed by atoms with Gasteiger partial charge in [0.2, 0.25) is 5.91 Å². The highest BCUT2D eigenvalue weighted by molar-refractivity contribution is 9.10. The Morgan fingerprint density at radius 3 is 2.33 bits per heavy atom. The average molecular weight is 429 g/mol. The highest BCUT2D eigenvalue weighted by Gasteiger charge is 2.59. The van der Waals surface area contributed by atoms with Gasteiger partial charge in [-0.1, -0.05) is 53.9 Å². The number of benzene rings is 2. The molecule has 2 amide bonds. The van der Waals surface area contributed by atoms with Crippen LogP contribution in [0.4, 0.5) is 11.4 Å². The maximum Gasteiger partial charge on any atom is 0.266 e. The molecule has 2 aromatic rings. The number of carbonyl (C=O) groups is 2. The van der Waals surface area contributed by atoms with E-state index in [2.05, 4.69) is 22.9 Å². The fraction of sp³-hybridized carbons (Fsp3) is 0.333. The highest BCUT2D eigenvalue weighted by atomic mass is 79.9. The number of unbranched alkanes of at least 4 members (excludes halogenated alkanes) is 1. The molecule has 0 unspecified atom stereocenters. The summed E-state index contributed by atoms with van der Waals surface area (Å²) < 4.78 is 0.901. The van der Waals surface area contributed by atoms with Crippen molar-refractivity contribution >= 4 is 39.1 Å². The SMILES string of the molecule is CCCC[C@H]1[C@H]2C(=O)N(c3ccc(Br)cc3)C(=O)[C@H]2ON1c1ccccc1. The third-order valence-electron chi connectivity index (χ3n) is 5.19. The Bertz CT molecular complexity index is 840. The molecule has 2 fully saturated rings. The Balaban J connectivity index is 1.66. The smallest absolute Gasteiger partial charge is 0.266 e. The van der Waals surface area contributed by atoms with Gasteiger partial charge in [0, 0.05) is 4.47 Å². The van der Waals surface area contributed by atoms with Gasteiger partial charge < -0.3 is 0 Å². The first-order valence-corrected chi connectivity index (χ1v) is 10.1. The Kier molecular flexibility index (Phi) is 5.02. The zero-order valence-electron chi connectivity index (χ0n) is 15.0. The van der Waals surface area contributed by atoms with E-state index in [-0.39, 0.29) is 17.9 Å². The molecule has 0 aromatic heterocycles. The van der Waals surface area contributed by atoms with Gasteiger partial charge in [0.05, 0.1) is 23.3 Å². The molecule has 0 radical (unpaired) electrons. The zero-order valence-corrected chi connectivity index (χ0v) is 16.6. The van der Waals surface area contributed by atoms with Crippen molar-refractivity contribution in [2.75, 3.05) is 9.96 Å². The number of halogens is 1. The molecule has 2 aliphatic rings. The Labute approximate surface area is 167 Å². The van der Waals surface area contributed by atoms with Gasteiger partial charge in [-0.15, -0.1) is 0 Å². The molecule has 0 spiro atoms. The monoisotopic (exact) mass is 428 g/mol. The van der Waals surface area contributed by atoms with Gasteiger partial charge in [0.1, 0.15) is 0 Å². The van der Waals surface area contributed by atoms with Gasteiger partial charge in [0.15, 0.2) is 6.10 Å². The number of fused-ring (bicyclic) bond motifs is 1. The van der Waals surface area contributed by atoms with Gasteiger partial charge in [0.25, 0.3) is 5.91 Å². The topological polar surface area (TPSA) is 49.9 Å². The molecule has 0 saturated carbocycles. The summed E-state index contributed by atoms with van der Waals surface area (Å²) in [5, 5.41) is 1.78. The molecule has 2 heterocycles. The quantitative estimate of drug-likeness (QED) is 0.665. The van der Waals surface area contributed by atoms with Crippen LogP contribution in [0.2, 0.25) is 0 Å². The fourth-order valence-electron chi connectivity index (χ4n) is 3.87. The molecule has 27 heavy (non-hydrogen) atoms. The summed E-state index contributed by atoms with van der Waals surface area (Å²) in [6.45, 7) is 2.12. The Hall–Kier alpha value is -2.18. The van der Waals surface area contributed by atoms with Crippen LogP contribution in [0.1, 0.15) is 26.2 Å². The van der Waals surface area contributed by atoms with E-state index in [0.717, 1.165) is 29.4 Å². The van der Waals surface area contributed by atoms with Crippen molar-refractivity contribution in [2.24, 2.45) is 5.92 Å². The van der Waals surface area contributed by atoms with E-state index in [4.69, 9.17) is 4.84 Å². The summed E-state index contributed by atoms with van der Waals surface area (Å²) in [6, 6.07) is 16.8. The van der Waals surface area contributed by atoms with E-state index in [0.29, 0.717) is 5.69 Å². The van der Waals surface area contributed by atoms with Crippen LogP contribution in [0.5, 0.6) is 0 Å². The second-order valence-corrected chi connectivity index (χ2v) is 7.83. The standard InChI is InChI=1S/C21H21BrN2O3/c1-2-3-9-17-18-19(27-24(17)16-7-5-4-6-8-16)21(26)23(20(18)25)15-12-10-14(22)11-13-15/h4-8,10-13,17-19H,2-3,9H2,1H3/t17-,18+,19-/m0/s1. The molecule has 0 bridgehead atoms. The Morgan fingerprint density at radius 1 is 0.963 bits per heavy atom. The lowest BCUT2D eigenvalue weighted by Gasteiger charge is -2.28. The van der Waals surface area contributed by atoms with E-state index >= 15 is 0 Å². The summed E-state index contributed by atoms with van der Waals surface area (Å²) >= 11 is 3.38. The largest absolute Gasteiger partial charge is 0.273 e. The van der Waals surface area contributed by atoms with Crippen molar-refractivity contribution in [3.8, 4) is 0 Å². The summed E-state index contributed by atoms with van der Waals surface area (Å²) in [5.41, 5.74) is 1.47. The molecule has 3 atom stereocenters. The number of carbonyl (C=O) groups excluding carboxylic acids is 2. The highest BCUT2D eigenvalue weighted by Crippen LogP contribution is 2.42. The van der Waals surface area contributed by atoms with Crippen LogP contribution in [-0.2, 0) is 14.4 Å². The molecule has 140 valence electrons. The van der Waals surface area contributed by atoms with Crippen molar-refractivity contribution in [1.82, 2.24) is 0 Å². The normalized spacial score (nSPS) is 24.6. The Morgan fingerprint density at radius 2 is 1.67 bits per heavy atom. The first-order valence-electron chi connectivity index (χ1n) is 9.26. The number of rotatable bonds is 5. The maximum absolute atomic E-state index is 13.2. The molecule has 2 aliphatic heterocycles. The van der Waals surface area contributed by atoms with Gasteiger partial charge in [-0.2, -0.15) is 0 Å². The number of anilines is 2. The number of nitrogens with zero attached hydrogens (tertiary/aromatic N) is 2. The molecular formula is C21H21BrN2O3. The number of hydroxylamine groups is 1. The van der Waals surface area contributed by atoms with Crippen LogP contribution in [0.25, 0.3) is 0 Å². The van der Waals surface area contributed by atoms with Crippen molar-refractivity contribution in [3.63, 3.8) is 0 Å². The van der Waals surface area contributed by atoms with Crippen molar-refractivity contribution in [3.05, 3.63) is 59.1 Å². The number of imide groups is 1. The molecule has 5 nitrogen and oxygen atoms in total. The molecule has 2 aromatic carbocycles. The lowest BCUT2D eigenvalue weighted by Crippen LogP contribution is -2.40. The molecule has 0 aliphatic carbocycles. The predicted octanol–water partition coefficient (Wildman–Crippen LogP) is 4.32. The fourth-order valence-corrected chi connectivity index (χ4v) is 4.14. The van der Waals surface area contributed by atoms with Crippen LogP contribution in [-0.4, -0.2) is 24.0 Å². The molecule has 4 rings (SSSR count). The summed E-state index contributed by atoms with van der Waals surface area (Å²) in [4.78, 5) is 33.6. The molecule has 2 saturated heterocycles. The zero-order chi connectivity index (χ0) is 19.0. The summed E-state index contributed by atoms with van der Waals surface area (Å²) in [7, 11) is 0. The van der Waals surface area contributed by atoms with E-state index in [1.807, 2.05) is 42.5 Å². The third-order valence-corrected chi connectivity index (χ3v) is 5.72. The van der Waals surface area contributed by atoms with Gasteiger partial charge >= 0.3 is 0 Å². The molecule has 0 N–H and O–H groups in total. The van der Waals surface area contributed by atoms with Crippen LogP contribution in [0.3, 0.4) is 0 Å². The van der Waals surface area contributed by atoms with E-state index in [1.54, 1.807) is 17.2 Å². The maximum atomic E-state index is 13.2. The van der Waals surface area contributed by atoms with E-state index in [1.165, 1.54) is 4.90 Å². The average Bonchev–Trinajstić information content (AvgIpc) is 3.18. The van der Waals surface area contributed by atoms with Crippen molar-refractivity contribution in [2.45, 2.75) is 38.3 Å². The first-order chi connectivity index (χ1) is 13.1. The second-order valence-electron chi connectivity index (χ2n) is 6.91. The number of amides is 2. The van der Waals surface area contributed by atoms with Crippen LogP contribution < -0.4 is 9.96 Å². The summed E-state index contributed by atoms with van der Waals surface area (Å²) in [5.74, 6) is -0.938. The lowest BCUT2D eigenvalue weighted by molar-refractivity contribution is -0.126. The number of hydrogen-bond donors (Lipinski definition) is 0. The van der Waals surface area contributed by atoms with E-state index < -0.39 is 12.0 Å². The second kappa shape index (κ2) is 7.44. The van der Waals surface area contributed by atoms with E-state index in [9.17, 15) is 9.59 Å². The minimum Gasteiger partial charge on any atom is -0.273 e. The van der Waals surface area contributed by atoms with Crippen LogP contribution in [0.15, 0.2) is 59.1 Å². The van der Waals surface area contributed by atoms with Crippen LogP contribution >= 0.6 is 15.9 Å². The third kappa shape index (κ3) is 3.17. The van der Waals surface area contributed by atoms with Gasteiger partial charge in [-0.05, 0) is 42.8 Å². The summed E-state index contributed by atoms with van der Waals surface area (Å²) in [6.07, 6.45) is 2.04.